The van der Waals surface area contributed by atoms with Crippen molar-refractivity contribution in [3.63, 3.8) is 0 Å². The Morgan fingerprint density at radius 3 is 2.84 bits per heavy atom. The number of thiazole rings is 1. The van der Waals surface area contributed by atoms with E-state index in [-0.39, 0.29) is 11.2 Å². The van der Waals surface area contributed by atoms with E-state index < -0.39 is 5.91 Å². The summed E-state index contributed by atoms with van der Waals surface area (Å²) in [6.07, 6.45) is 5.09. The molecule has 1 aliphatic carbocycles. The summed E-state index contributed by atoms with van der Waals surface area (Å²) in [6, 6.07) is 6.69. The van der Waals surface area contributed by atoms with Gasteiger partial charge in [-0.15, -0.1) is 21.5 Å². The van der Waals surface area contributed by atoms with Crippen molar-refractivity contribution in [1.82, 2.24) is 24.6 Å². The predicted molar refractivity (Wildman–Crippen MR) is 115 cm³/mol. The van der Waals surface area contributed by atoms with Crippen LogP contribution in [0.2, 0.25) is 0 Å². The molecule has 0 saturated heterocycles. The zero-order valence-corrected chi connectivity index (χ0v) is 17.6. The Kier molecular flexibility index (Phi) is 4.66. The second-order valence-corrected chi connectivity index (χ2v) is 8.89. The number of nitrogens with zero attached hydrogens (tertiary/aromatic N) is 5. The molecule has 0 bridgehead atoms. The highest BCUT2D eigenvalue weighted by Crippen LogP contribution is 2.47. The quantitative estimate of drug-likeness (QED) is 0.479. The van der Waals surface area contributed by atoms with E-state index in [0.29, 0.717) is 46.0 Å². The first kappa shape index (κ1) is 19.6. The van der Waals surface area contributed by atoms with Crippen molar-refractivity contribution in [2.24, 2.45) is 11.7 Å². The molecule has 10 heteroatoms. The summed E-state index contributed by atoms with van der Waals surface area (Å²) < 4.78 is 16.0. The van der Waals surface area contributed by atoms with Gasteiger partial charge in [0.2, 0.25) is 0 Å². The normalized spacial score (nSPS) is 20.5. The summed E-state index contributed by atoms with van der Waals surface area (Å²) in [5.41, 5.74) is 7.13. The van der Waals surface area contributed by atoms with Gasteiger partial charge in [-0.1, -0.05) is 6.92 Å². The number of primary amides is 1. The minimum atomic E-state index is -0.510. The fourth-order valence-electron chi connectivity index (χ4n) is 4.38. The summed E-state index contributed by atoms with van der Waals surface area (Å²) in [7, 11) is 0. The van der Waals surface area contributed by atoms with Crippen LogP contribution < -0.4 is 11.1 Å². The maximum atomic E-state index is 14.4. The molecule has 0 aromatic carbocycles. The lowest BCUT2D eigenvalue weighted by Gasteiger charge is -2.46. The first-order valence-electron chi connectivity index (χ1n) is 9.90. The van der Waals surface area contributed by atoms with Crippen molar-refractivity contribution >= 4 is 28.0 Å². The van der Waals surface area contributed by atoms with Crippen LogP contribution in [0.3, 0.4) is 0 Å². The molecule has 3 N–H and O–H groups in total. The summed E-state index contributed by atoms with van der Waals surface area (Å²) in [4.78, 5) is 21.0. The highest BCUT2D eigenvalue weighted by atomic mass is 32.1. The van der Waals surface area contributed by atoms with Gasteiger partial charge in [-0.2, -0.15) is 0 Å². The number of fused-ring (bicyclic) bond motifs is 1. The van der Waals surface area contributed by atoms with E-state index in [9.17, 15) is 9.18 Å². The predicted octanol–water partition coefficient (Wildman–Crippen LogP) is 3.27. The molecule has 0 atom stereocenters. The van der Waals surface area contributed by atoms with Crippen LogP contribution >= 0.6 is 11.3 Å². The maximum Gasteiger partial charge on any atom is 0.266 e. The molecule has 0 aliphatic heterocycles. The number of hydrogen-bond acceptors (Lipinski definition) is 7. The first-order valence-corrected chi connectivity index (χ1v) is 10.8. The lowest BCUT2D eigenvalue weighted by molar-refractivity contribution is 0.0995. The average molecular weight is 438 g/mol. The molecule has 4 heterocycles. The van der Waals surface area contributed by atoms with Gasteiger partial charge in [-0.05, 0) is 43.0 Å². The molecule has 8 nitrogen and oxygen atoms in total. The fourth-order valence-corrected chi connectivity index (χ4v) is 5.24. The lowest BCUT2D eigenvalue weighted by atomic mass is 9.60. The topological polar surface area (TPSA) is 111 Å². The largest absolute Gasteiger partial charge is 0.368 e. The smallest absolute Gasteiger partial charge is 0.266 e. The summed E-state index contributed by atoms with van der Waals surface area (Å²) in [5, 5.41) is 13.5. The number of carbonyl (C=O) groups excluding carboxylic acids is 1. The Labute approximate surface area is 181 Å². The Hall–Kier alpha value is -3.40. The standard InChI is InChI=1S/C21H20FN7OS/c1-12-7-21(8-12,18-13(22)3-2-6-24-18)11-25-17-5-4-14(27-28-17)15-9-29-16(19(23)30)10-31-20(29)26-15/h2-6,9-10,12H,7-8,11H2,1H3,(H2,23,30)(H,25,28). The van der Waals surface area contributed by atoms with Gasteiger partial charge < -0.3 is 11.1 Å². The number of rotatable bonds is 6. The molecule has 4 aromatic rings. The van der Waals surface area contributed by atoms with Crippen molar-refractivity contribution in [2.45, 2.75) is 25.2 Å². The average Bonchev–Trinajstić information content (AvgIpc) is 3.32. The van der Waals surface area contributed by atoms with Crippen LogP contribution in [0.1, 0.15) is 35.9 Å². The number of aromatic nitrogens is 5. The van der Waals surface area contributed by atoms with E-state index >= 15 is 0 Å². The molecular weight excluding hydrogens is 417 g/mol. The van der Waals surface area contributed by atoms with Crippen molar-refractivity contribution in [2.75, 3.05) is 11.9 Å². The van der Waals surface area contributed by atoms with Crippen LogP contribution in [-0.2, 0) is 5.41 Å². The number of halogens is 1. The third-order valence-electron chi connectivity index (χ3n) is 5.74. The van der Waals surface area contributed by atoms with Gasteiger partial charge in [0.05, 0.1) is 5.69 Å². The molecule has 0 spiro atoms. The minimum Gasteiger partial charge on any atom is -0.368 e. The number of nitrogens with one attached hydrogen (secondary N) is 1. The van der Waals surface area contributed by atoms with Crippen molar-refractivity contribution in [3.8, 4) is 11.4 Å². The van der Waals surface area contributed by atoms with Gasteiger partial charge in [0.1, 0.15) is 28.7 Å². The molecular formula is C21H20FN7OS. The van der Waals surface area contributed by atoms with Gasteiger partial charge in [0, 0.05) is 29.7 Å². The van der Waals surface area contributed by atoms with Gasteiger partial charge >= 0.3 is 0 Å². The van der Waals surface area contributed by atoms with Gasteiger partial charge in [-0.3, -0.25) is 14.2 Å². The van der Waals surface area contributed by atoms with Crippen LogP contribution in [0.25, 0.3) is 16.3 Å². The number of amides is 1. The lowest BCUT2D eigenvalue weighted by Crippen LogP contribution is -2.47. The molecule has 1 aliphatic rings. The molecule has 5 rings (SSSR count). The number of nitrogens with two attached hydrogens (primary N) is 1. The monoisotopic (exact) mass is 437 g/mol. The summed E-state index contributed by atoms with van der Waals surface area (Å²) in [6.45, 7) is 2.69. The van der Waals surface area contributed by atoms with E-state index in [1.54, 1.807) is 28.2 Å². The molecule has 0 unspecified atom stereocenters. The highest BCUT2D eigenvalue weighted by molar-refractivity contribution is 7.15. The van der Waals surface area contributed by atoms with E-state index in [4.69, 9.17) is 5.73 Å². The Balaban J connectivity index is 1.34. The number of carbonyl (C=O) groups is 1. The number of anilines is 1. The third kappa shape index (κ3) is 3.42. The Bertz CT molecular complexity index is 1260. The van der Waals surface area contributed by atoms with Crippen LogP contribution in [-0.4, -0.2) is 37.0 Å². The zero-order chi connectivity index (χ0) is 21.6. The molecule has 158 valence electrons. The van der Waals surface area contributed by atoms with E-state index in [2.05, 4.69) is 32.4 Å². The maximum absolute atomic E-state index is 14.4. The minimum absolute atomic E-state index is 0.271. The highest BCUT2D eigenvalue weighted by Gasteiger charge is 2.46. The SMILES string of the molecule is CC1CC(CNc2ccc(-c3cn4c(C(N)=O)csc4n3)nn2)(c2ncccc2F)C1. The number of imidazole rings is 1. The fraction of sp³-hybridized carbons (Fsp3) is 0.286. The molecule has 31 heavy (non-hydrogen) atoms. The van der Waals surface area contributed by atoms with Crippen LogP contribution in [0.5, 0.6) is 0 Å². The summed E-state index contributed by atoms with van der Waals surface area (Å²) in [5.74, 6) is 0.340. The van der Waals surface area contributed by atoms with Crippen molar-refractivity contribution < 1.29 is 9.18 Å². The van der Waals surface area contributed by atoms with E-state index in [0.717, 1.165) is 12.8 Å². The van der Waals surface area contributed by atoms with Gasteiger partial charge in [0.25, 0.3) is 5.91 Å². The van der Waals surface area contributed by atoms with Crippen LogP contribution in [0, 0.1) is 11.7 Å². The van der Waals surface area contributed by atoms with E-state index in [1.807, 2.05) is 12.1 Å². The van der Waals surface area contributed by atoms with Crippen molar-refractivity contribution in [3.05, 3.63) is 59.2 Å². The second kappa shape index (κ2) is 7.38. The number of hydrogen-bond donors (Lipinski definition) is 2. The molecule has 1 fully saturated rings. The van der Waals surface area contributed by atoms with Crippen LogP contribution in [0.4, 0.5) is 10.2 Å². The molecule has 1 saturated carbocycles. The van der Waals surface area contributed by atoms with Gasteiger partial charge in [-0.25, -0.2) is 9.37 Å². The summed E-state index contributed by atoms with van der Waals surface area (Å²) >= 11 is 1.33. The molecule has 1 amide bonds. The molecule has 4 aromatic heterocycles. The first-order chi connectivity index (χ1) is 14.9. The Morgan fingerprint density at radius 1 is 1.32 bits per heavy atom. The Morgan fingerprint density at radius 2 is 2.16 bits per heavy atom. The second-order valence-electron chi connectivity index (χ2n) is 8.05. The van der Waals surface area contributed by atoms with Gasteiger partial charge in [0.15, 0.2) is 4.96 Å². The van der Waals surface area contributed by atoms with E-state index in [1.165, 1.54) is 17.4 Å². The zero-order valence-electron chi connectivity index (χ0n) is 16.7. The number of pyridine rings is 1. The van der Waals surface area contributed by atoms with Crippen molar-refractivity contribution in [1.29, 1.82) is 0 Å². The third-order valence-corrected chi connectivity index (χ3v) is 6.58. The molecule has 0 radical (unpaired) electrons. The van der Waals surface area contributed by atoms with Crippen LogP contribution in [0.15, 0.2) is 42.0 Å².